The molecule has 0 aliphatic heterocycles. The van der Waals surface area contributed by atoms with E-state index in [1.54, 1.807) is 0 Å². The van der Waals surface area contributed by atoms with E-state index in [4.69, 9.17) is 0 Å². The molecule has 15 heavy (non-hydrogen) atoms. The lowest BCUT2D eigenvalue weighted by molar-refractivity contribution is 0.799. The van der Waals surface area contributed by atoms with Crippen molar-refractivity contribution in [1.82, 2.24) is 10.3 Å². The van der Waals surface area contributed by atoms with Crippen LogP contribution in [0, 0.1) is 0 Å². The lowest BCUT2D eigenvalue weighted by atomic mass is 10.0. The summed E-state index contributed by atoms with van der Waals surface area (Å²) in [7, 11) is 1.96. The molecule has 0 saturated carbocycles. The standard InChI is InChI=1S/C13H18N2/c1-9(2)10-4-5-11-6-12(8-14-3)15-13(11)7-10/h4-7,9,14-15H,8H2,1-3H3. The third-order valence-corrected chi connectivity index (χ3v) is 2.74. The molecule has 0 atom stereocenters. The van der Waals surface area contributed by atoms with Gasteiger partial charge in [0.25, 0.3) is 0 Å². The van der Waals surface area contributed by atoms with Crippen LogP contribution in [0.1, 0.15) is 31.0 Å². The second-order valence-corrected chi connectivity index (χ2v) is 4.33. The summed E-state index contributed by atoms with van der Waals surface area (Å²) in [6.07, 6.45) is 0. The van der Waals surface area contributed by atoms with Gasteiger partial charge < -0.3 is 10.3 Å². The molecule has 1 aromatic heterocycles. The van der Waals surface area contributed by atoms with Crippen LogP contribution in [0.5, 0.6) is 0 Å². The van der Waals surface area contributed by atoms with Gasteiger partial charge in [0.1, 0.15) is 0 Å². The Morgan fingerprint density at radius 3 is 2.73 bits per heavy atom. The fraction of sp³-hybridized carbons (Fsp3) is 0.385. The SMILES string of the molecule is CNCc1cc2ccc(C(C)C)cc2[nH]1. The van der Waals surface area contributed by atoms with Crippen LogP contribution >= 0.6 is 0 Å². The second kappa shape index (κ2) is 4.07. The molecular formula is C13H18N2. The highest BCUT2D eigenvalue weighted by Gasteiger charge is 2.03. The van der Waals surface area contributed by atoms with Crippen molar-refractivity contribution in [3.8, 4) is 0 Å². The van der Waals surface area contributed by atoms with Crippen LogP contribution < -0.4 is 5.32 Å². The fourth-order valence-corrected chi connectivity index (χ4v) is 1.85. The molecule has 2 rings (SSSR count). The minimum Gasteiger partial charge on any atom is -0.357 e. The van der Waals surface area contributed by atoms with Gasteiger partial charge in [-0.25, -0.2) is 0 Å². The van der Waals surface area contributed by atoms with Crippen molar-refractivity contribution in [2.24, 2.45) is 0 Å². The van der Waals surface area contributed by atoms with Gasteiger partial charge in [0.05, 0.1) is 0 Å². The predicted molar refractivity (Wildman–Crippen MR) is 65.2 cm³/mol. The fourth-order valence-electron chi connectivity index (χ4n) is 1.85. The molecular weight excluding hydrogens is 184 g/mol. The van der Waals surface area contributed by atoms with Gasteiger partial charge >= 0.3 is 0 Å². The van der Waals surface area contributed by atoms with Gasteiger partial charge in [0, 0.05) is 17.8 Å². The van der Waals surface area contributed by atoms with E-state index in [9.17, 15) is 0 Å². The first-order chi connectivity index (χ1) is 7.20. The van der Waals surface area contributed by atoms with Gasteiger partial charge in [-0.3, -0.25) is 0 Å². The Balaban J connectivity index is 2.43. The van der Waals surface area contributed by atoms with E-state index in [1.807, 2.05) is 7.05 Å². The van der Waals surface area contributed by atoms with Crippen molar-refractivity contribution in [3.05, 3.63) is 35.5 Å². The van der Waals surface area contributed by atoms with Gasteiger partial charge in [-0.1, -0.05) is 26.0 Å². The maximum Gasteiger partial charge on any atom is 0.0459 e. The quantitative estimate of drug-likeness (QED) is 0.786. The minimum absolute atomic E-state index is 0.588. The molecule has 0 fully saturated rings. The van der Waals surface area contributed by atoms with Gasteiger partial charge in [-0.2, -0.15) is 0 Å². The molecule has 0 unspecified atom stereocenters. The zero-order valence-corrected chi connectivity index (χ0v) is 9.59. The van der Waals surface area contributed by atoms with E-state index in [0.29, 0.717) is 5.92 Å². The molecule has 80 valence electrons. The Kier molecular flexibility index (Phi) is 2.78. The first kappa shape index (κ1) is 10.2. The molecule has 0 saturated heterocycles. The number of hydrogen-bond acceptors (Lipinski definition) is 1. The van der Waals surface area contributed by atoms with Gasteiger partial charge in [-0.05, 0) is 36.0 Å². The molecule has 0 aliphatic carbocycles. The number of rotatable bonds is 3. The first-order valence-corrected chi connectivity index (χ1v) is 5.47. The molecule has 0 aliphatic rings. The second-order valence-electron chi connectivity index (χ2n) is 4.33. The van der Waals surface area contributed by atoms with E-state index >= 15 is 0 Å². The van der Waals surface area contributed by atoms with Gasteiger partial charge in [-0.15, -0.1) is 0 Å². The average Bonchev–Trinajstić information content (AvgIpc) is 2.59. The summed E-state index contributed by atoms with van der Waals surface area (Å²) in [6, 6.07) is 8.86. The van der Waals surface area contributed by atoms with E-state index in [-0.39, 0.29) is 0 Å². The summed E-state index contributed by atoms with van der Waals surface area (Å²) < 4.78 is 0. The lowest BCUT2D eigenvalue weighted by Gasteiger charge is -2.04. The molecule has 0 spiro atoms. The maximum atomic E-state index is 3.43. The third-order valence-electron chi connectivity index (χ3n) is 2.74. The highest BCUT2D eigenvalue weighted by Crippen LogP contribution is 2.21. The number of aromatic amines is 1. The Labute approximate surface area is 90.7 Å². The molecule has 1 heterocycles. The predicted octanol–water partition coefficient (Wildman–Crippen LogP) is 3.01. The summed E-state index contributed by atoms with van der Waals surface area (Å²) in [5.41, 5.74) is 3.88. The molecule has 1 aromatic carbocycles. The van der Waals surface area contributed by atoms with Crippen molar-refractivity contribution in [2.45, 2.75) is 26.3 Å². The van der Waals surface area contributed by atoms with Crippen molar-refractivity contribution in [3.63, 3.8) is 0 Å². The number of benzene rings is 1. The average molecular weight is 202 g/mol. The summed E-state index contributed by atoms with van der Waals surface area (Å²) in [5.74, 6) is 0.588. The number of H-pyrrole nitrogens is 1. The Morgan fingerprint density at radius 1 is 1.27 bits per heavy atom. The van der Waals surface area contributed by atoms with Crippen molar-refractivity contribution < 1.29 is 0 Å². The topological polar surface area (TPSA) is 27.8 Å². The largest absolute Gasteiger partial charge is 0.357 e. The van der Waals surface area contributed by atoms with Crippen LogP contribution in [0.4, 0.5) is 0 Å². The zero-order valence-electron chi connectivity index (χ0n) is 9.59. The minimum atomic E-state index is 0.588. The van der Waals surface area contributed by atoms with E-state index in [0.717, 1.165) is 6.54 Å². The summed E-state index contributed by atoms with van der Waals surface area (Å²) in [6.45, 7) is 5.34. The highest BCUT2D eigenvalue weighted by atomic mass is 14.9. The lowest BCUT2D eigenvalue weighted by Crippen LogP contribution is -2.04. The normalized spacial score (nSPS) is 11.5. The van der Waals surface area contributed by atoms with Crippen molar-refractivity contribution >= 4 is 10.9 Å². The first-order valence-electron chi connectivity index (χ1n) is 5.47. The van der Waals surface area contributed by atoms with Crippen LogP contribution in [0.2, 0.25) is 0 Å². The molecule has 2 N–H and O–H groups in total. The van der Waals surface area contributed by atoms with Crippen LogP contribution in [-0.2, 0) is 6.54 Å². The number of aromatic nitrogens is 1. The third kappa shape index (κ3) is 2.05. The monoisotopic (exact) mass is 202 g/mol. The van der Waals surface area contributed by atoms with Crippen LogP contribution in [-0.4, -0.2) is 12.0 Å². The van der Waals surface area contributed by atoms with E-state index < -0.39 is 0 Å². The number of fused-ring (bicyclic) bond motifs is 1. The van der Waals surface area contributed by atoms with Crippen LogP contribution in [0.15, 0.2) is 24.3 Å². The summed E-state index contributed by atoms with van der Waals surface area (Å²) in [5, 5.41) is 4.45. The molecule has 2 nitrogen and oxygen atoms in total. The molecule has 2 heteroatoms. The van der Waals surface area contributed by atoms with Gasteiger partial charge in [0.2, 0.25) is 0 Å². The van der Waals surface area contributed by atoms with Gasteiger partial charge in [0.15, 0.2) is 0 Å². The molecule has 0 bridgehead atoms. The number of nitrogens with one attached hydrogen (secondary N) is 2. The van der Waals surface area contributed by atoms with E-state index in [1.165, 1.54) is 22.2 Å². The number of hydrogen-bond donors (Lipinski definition) is 2. The van der Waals surface area contributed by atoms with Crippen LogP contribution in [0.3, 0.4) is 0 Å². The Bertz CT molecular complexity index is 455. The highest BCUT2D eigenvalue weighted by molar-refractivity contribution is 5.81. The van der Waals surface area contributed by atoms with E-state index in [2.05, 4.69) is 48.4 Å². The molecule has 0 radical (unpaired) electrons. The molecule has 0 amide bonds. The van der Waals surface area contributed by atoms with Crippen LogP contribution in [0.25, 0.3) is 10.9 Å². The Morgan fingerprint density at radius 2 is 2.07 bits per heavy atom. The summed E-state index contributed by atoms with van der Waals surface area (Å²) in [4.78, 5) is 3.43. The van der Waals surface area contributed by atoms with Crippen molar-refractivity contribution in [2.75, 3.05) is 7.05 Å². The Hall–Kier alpha value is -1.28. The zero-order chi connectivity index (χ0) is 10.8. The summed E-state index contributed by atoms with van der Waals surface area (Å²) >= 11 is 0. The smallest absolute Gasteiger partial charge is 0.0459 e. The molecule has 2 aromatic rings. The van der Waals surface area contributed by atoms with Crippen molar-refractivity contribution in [1.29, 1.82) is 0 Å². The maximum absolute atomic E-state index is 3.43.